The number of unbranched alkanes of at least 4 members (excludes halogenated alkanes) is 17. The van der Waals surface area contributed by atoms with Crippen molar-refractivity contribution >= 4 is 11.6 Å². The Morgan fingerprint density at radius 2 is 0.643 bits per heavy atom. The topological polar surface area (TPSA) is 34.1 Å². The maximum absolute atomic E-state index is 11.9. The third kappa shape index (κ3) is 21.6. The Morgan fingerprint density at radius 1 is 0.393 bits per heavy atom. The van der Waals surface area contributed by atoms with Crippen LogP contribution in [0.3, 0.4) is 0 Å². The number of hydrogen-bond acceptors (Lipinski definition) is 2. The van der Waals surface area contributed by atoms with E-state index in [0.717, 1.165) is 25.7 Å². The molecule has 0 aromatic rings. The molecule has 0 aliphatic heterocycles. The SMILES string of the molecule is CCCCCCCCCCCCCC(=O)CC(=O)CCCCCCCCCC. The van der Waals surface area contributed by atoms with Gasteiger partial charge < -0.3 is 0 Å². The highest BCUT2D eigenvalue weighted by Crippen LogP contribution is 2.13. The molecule has 0 radical (unpaired) electrons. The van der Waals surface area contributed by atoms with Gasteiger partial charge in [0.15, 0.2) is 0 Å². The largest absolute Gasteiger partial charge is 0.299 e. The summed E-state index contributed by atoms with van der Waals surface area (Å²) in [5, 5.41) is 0. The molecule has 0 spiro atoms. The van der Waals surface area contributed by atoms with Crippen molar-refractivity contribution in [3.63, 3.8) is 0 Å². The summed E-state index contributed by atoms with van der Waals surface area (Å²) < 4.78 is 0. The third-order valence-corrected chi connectivity index (χ3v) is 5.76. The molecule has 2 heteroatoms. The smallest absolute Gasteiger partial charge is 0.140 e. The second-order valence-electron chi connectivity index (χ2n) is 8.76. The molecule has 0 unspecified atom stereocenters. The Labute approximate surface area is 176 Å². The number of ketones is 2. The van der Waals surface area contributed by atoms with Crippen molar-refractivity contribution in [1.29, 1.82) is 0 Å². The summed E-state index contributed by atoms with van der Waals surface area (Å²) in [6, 6.07) is 0. The van der Waals surface area contributed by atoms with Crippen LogP contribution < -0.4 is 0 Å². The zero-order chi connectivity index (χ0) is 20.7. The van der Waals surface area contributed by atoms with Gasteiger partial charge in [-0.2, -0.15) is 0 Å². The van der Waals surface area contributed by atoms with Gasteiger partial charge in [-0.05, 0) is 12.8 Å². The lowest BCUT2D eigenvalue weighted by Gasteiger charge is -2.04. The first kappa shape index (κ1) is 27.3. The molecule has 0 rings (SSSR count). The molecule has 166 valence electrons. The van der Waals surface area contributed by atoms with Crippen molar-refractivity contribution in [3.05, 3.63) is 0 Å². The normalized spacial score (nSPS) is 11.1. The number of hydrogen-bond donors (Lipinski definition) is 0. The quantitative estimate of drug-likeness (QED) is 0.128. The molecule has 0 N–H and O–H groups in total. The number of rotatable bonds is 23. The average Bonchev–Trinajstić information content (AvgIpc) is 2.68. The first-order valence-electron chi connectivity index (χ1n) is 12.7. The summed E-state index contributed by atoms with van der Waals surface area (Å²) in [6.07, 6.45) is 25.7. The summed E-state index contributed by atoms with van der Waals surface area (Å²) in [7, 11) is 0. The highest BCUT2D eigenvalue weighted by Gasteiger charge is 2.09. The maximum Gasteiger partial charge on any atom is 0.140 e. The Balaban J connectivity index is 3.32. The minimum atomic E-state index is 0.166. The van der Waals surface area contributed by atoms with Crippen LogP contribution >= 0.6 is 0 Å². The average molecular weight is 395 g/mol. The zero-order valence-electron chi connectivity index (χ0n) is 19.4. The Hall–Kier alpha value is -0.660. The van der Waals surface area contributed by atoms with Crippen LogP contribution in [0.4, 0.5) is 0 Å². The molecule has 28 heavy (non-hydrogen) atoms. The lowest BCUT2D eigenvalue weighted by atomic mass is 10.0. The molecule has 0 aromatic carbocycles. The van der Waals surface area contributed by atoms with E-state index in [0.29, 0.717) is 12.8 Å². The minimum absolute atomic E-state index is 0.166. The highest BCUT2D eigenvalue weighted by atomic mass is 16.1. The van der Waals surface area contributed by atoms with E-state index in [1.54, 1.807) is 0 Å². The molecular weight excluding hydrogens is 344 g/mol. The van der Waals surface area contributed by atoms with Crippen LogP contribution in [0.1, 0.15) is 155 Å². The van der Waals surface area contributed by atoms with Crippen LogP contribution in [-0.2, 0) is 9.59 Å². The summed E-state index contributed by atoms with van der Waals surface area (Å²) in [6.45, 7) is 4.50. The molecule has 0 atom stereocenters. The van der Waals surface area contributed by atoms with E-state index in [1.165, 1.54) is 96.3 Å². The van der Waals surface area contributed by atoms with Crippen molar-refractivity contribution in [1.82, 2.24) is 0 Å². The van der Waals surface area contributed by atoms with E-state index >= 15 is 0 Å². The van der Waals surface area contributed by atoms with Gasteiger partial charge in [0, 0.05) is 12.8 Å². The van der Waals surface area contributed by atoms with Crippen molar-refractivity contribution in [2.24, 2.45) is 0 Å². The van der Waals surface area contributed by atoms with Gasteiger partial charge in [-0.3, -0.25) is 9.59 Å². The van der Waals surface area contributed by atoms with Crippen molar-refractivity contribution in [2.45, 2.75) is 155 Å². The Morgan fingerprint density at radius 3 is 0.929 bits per heavy atom. The van der Waals surface area contributed by atoms with Crippen molar-refractivity contribution in [2.75, 3.05) is 0 Å². The van der Waals surface area contributed by atoms with Gasteiger partial charge in [-0.25, -0.2) is 0 Å². The number of carbonyl (C=O) groups is 2. The molecule has 0 saturated heterocycles. The monoisotopic (exact) mass is 394 g/mol. The standard InChI is InChI=1S/C26H50O2/c1-3-5-7-9-11-13-14-15-17-19-21-23-26(28)24-25(27)22-20-18-16-12-10-8-6-4-2/h3-24H2,1-2H3. The summed E-state index contributed by atoms with van der Waals surface area (Å²) in [5.41, 5.74) is 0. The summed E-state index contributed by atoms with van der Waals surface area (Å²) >= 11 is 0. The molecule has 2 nitrogen and oxygen atoms in total. The van der Waals surface area contributed by atoms with Crippen LogP contribution in [-0.4, -0.2) is 11.6 Å². The van der Waals surface area contributed by atoms with E-state index in [4.69, 9.17) is 0 Å². The lowest BCUT2D eigenvalue weighted by Crippen LogP contribution is -2.07. The Kier molecular flexibility index (Phi) is 22.1. The van der Waals surface area contributed by atoms with Gasteiger partial charge in [0.1, 0.15) is 11.6 Å². The highest BCUT2D eigenvalue weighted by molar-refractivity contribution is 5.98. The molecular formula is C26H50O2. The van der Waals surface area contributed by atoms with E-state index < -0.39 is 0 Å². The van der Waals surface area contributed by atoms with Gasteiger partial charge in [0.2, 0.25) is 0 Å². The first-order valence-corrected chi connectivity index (χ1v) is 12.7. The third-order valence-electron chi connectivity index (χ3n) is 5.76. The zero-order valence-corrected chi connectivity index (χ0v) is 19.4. The molecule has 0 aliphatic carbocycles. The fourth-order valence-corrected chi connectivity index (χ4v) is 3.84. The Bertz CT molecular complexity index is 348. The lowest BCUT2D eigenvalue weighted by molar-refractivity contribution is -0.127. The summed E-state index contributed by atoms with van der Waals surface area (Å²) in [4.78, 5) is 23.8. The number of Topliss-reactive ketones (excluding diaryl/α,β-unsaturated/α-hetero) is 2. The predicted octanol–water partition coefficient (Wildman–Crippen LogP) is 8.75. The van der Waals surface area contributed by atoms with Crippen molar-refractivity contribution in [3.8, 4) is 0 Å². The van der Waals surface area contributed by atoms with Gasteiger partial charge >= 0.3 is 0 Å². The van der Waals surface area contributed by atoms with E-state index in [-0.39, 0.29) is 18.0 Å². The fourth-order valence-electron chi connectivity index (χ4n) is 3.84. The van der Waals surface area contributed by atoms with Crippen LogP contribution in [0.25, 0.3) is 0 Å². The van der Waals surface area contributed by atoms with Crippen molar-refractivity contribution < 1.29 is 9.59 Å². The molecule has 0 aliphatic rings. The van der Waals surface area contributed by atoms with Gasteiger partial charge in [0.25, 0.3) is 0 Å². The van der Waals surface area contributed by atoms with Crippen LogP contribution in [0.5, 0.6) is 0 Å². The van der Waals surface area contributed by atoms with Crippen LogP contribution in [0.2, 0.25) is 0 Å². The maximum atomic E-state index is 11.9. The summed E-state index contributed by atoms with van der Waals surface area (Å²) in [5.74, 6) is 0.333. The van der Waals surface area contributed by atoms with Crippen LogP contribution in [0.15, 0.2) is 0 Å². The molecule has 0 aromatic heterocycles. The fraction of sp³-hybridized carbons (Fsp3) is 0.923. The second kappa shape index (κ2) is 22.6. The van der Waals surface area contributed by atoms with E-state index in [2.05, 4.69) is 13.8 Å². The van der Waals surface area contributed by atoms with Gasteiger partial charge in [-0.1, -0.05) is 123 Å². The van der Waals surface area contributed by atoms with Crippen LogP contribution in [0, 0.1) is 0 Å². The molecule has 0 saturated carbocycles. The van der Waals surface area contributed by atoms with E-state index in [1.807, 2.05) is 0 Å². The minimum Gasteiger partial charge on any atom is -0.299 e. The number of carbonyl (C=O) groups excluding carboxylic acids is 2. The molecule has 0 bridgehead atoms. The predicted molar refractivity (Wildman–Crippen MR) is 123 cm³/mol. The second-order valence-corrected chi connectivity index (χ2v) is 8.76. The van der Waals surface area contributed by atoms with Gasteiger partial charge in [0.05, 0.1) is 6.42 Å². The molecule has 0 fully saturated rings. The molecule has 0 heterocycles. The van der Waals surface area contributed by atoms with Gasteiger partial charge in [-0.15, -0.1) is 0 Å². The van der Waals surface area contributed by atoms with E-state index in [9.17, 15) is 9.59 Å². The first-order chi connectivity index (χ1) is 13.7. The molecule has 0 amide bonds.